The normalized spacial score (nSPS) is 26.0. The molecule has 7 nitrogen and oxygen atoms in total. The van der Waals surface area contributed by atoms with Gasteiger partial charge >= 0.3 is 17.6 Å². The van der Waals surface area contributed by atoms with Crippen LogP contribution in [0.3, 0.4) is 0 Å². The van der Waals surface area contributed by atoms with E-state index in [4.69, 9.17) is 4.74 Å². The fourth-order valence-electron chi connectivity index (χ4n) is 5.32. The first-order chi connectivity index (χ1) is 16.1. The number of ether oxygens (including phenoxy) is 1. The standard InChI is InChI=1S/C23H28F4N4O3/c1-3-22-12-17(34-13-16-7-4-5-8-18(16)24)11-19(22)31(22)10-6-9-29-20(32)28-15(2)30(21(29)33)14-23(25,26)27/h4-5,7-8,17,19H,3,6,9-14H2,1-2H3. The van der Waals surface area contributed by atoms with E-state index < -0.39 is 24.1 Å². The molecule has 0 N–H and O–H groups in total. The molecule has 1 aromatic carbocycles. The topological polar surface area (TPSA) is 69.1 Å². The lowest BCUT2D eigenvalue weighted by Gasteiger charge is -2.21. The summed E-state index contributed by atoms with van der Waals surface area (Å²) in [4.78, 5) is 30.5. The quantitative estimate of drug-likeness (QED) is 0.404. The van der Waals surface area contributed by atoms with Crippen LogP contribution in [0.25, 0.3) is 0 Å². The van der Waals surface area contributed by atoms with Crippen molar-refractivity contribution in [2.45, 2.75) is 83.1 Å². The fraction of sp³-hybridized carbons (Fsp3) is 0.609. The van der Waals surface area contributed by atoms with Crippen molar-refractivity contribution in [2.75, 3.05) is 6.54 Å². The monoisotopic (exact) mass is 484 g/mol. The Morgan fingerprint density at radius 1 is 1.18 bits per heavy atom. The van der Waals surface area contributed by atoms with Crippen LogP contribution in [0.15, 0.2) is 33.9 Å². The molecule has 11 heteroatoms. The van der Waals surface area contributed by atoms with Crippen LogP contribution in [-0.4, -0.2) is 49.4 Å². The summed E-state index contributed by atoms with van der Waals surface area (Å²) in [7, 11) is 0. The number of fused-ring (bicyclic) bond motifs is 1. The fourth-order valence-corrected chi connectivity index (χ4v) is 5.32. The second-order valence-electron chi connectivity index (χ2n) is 9.06. The molecule has 1 saturated carbocycles. The summed E-state index contributed by atoms with van der Waals surface area (Å²) in [6.45, 7) is 2.66. The maximum Gasteiger partial charge on any atom is 0.406 e. The molecule has 2 aromatic rings. The maximum atomic E-state index is 13.8. The molecule has 4 atom stereocenters. The van der Waals surface area contributed by atoms with Gasteiger partial charge in [-0.3, -0.25) is 9.47 Å². The summed E-state index contributed by atoms with van der Waals surface area (Å²) in [6, 6.07) is 6.83. The van der Waals surface area contributed by atoms with Gasteiger partial charge in [-0.2, -0.15) is 18.2 Å². The minimum Gasteiger partial charge on any atom is -0.373 e. The third-order valence-electron chi connectivity index (χ3n) is 7.07. The molecule has 0 radical (unpaired) electrons. The van der Waals surface area contributed by atoms with Gasteiger partial charge in [-0.1, -0.05) is 25.1 Å². The predicted molar refractivity (Wildman–Crippen MR) is 116 cm³/mol. The molecule has 4 rings (SSSR count). The largest absolute Gasteiger partial charge is 0.406 e. The number of rotatable bonds is 9. The summed E-state index contributed by atoms with van der Waals surface area (Å²) in [5.74, 6) is -0.539. The Labute approximate surface area is 194 Å². The highest BCUT2D eigenvalue weighted by molar-refractivity contribution is 5.22. The molecule has 0 spiro atoms. The Morgan fingerprint density at radius 3 is 2.56 bits per heavy atom. The van der Waals surface area contributed by atoms with E-state index in [9.17, 15) is 27.2 Å². The van der Waals surface area contributed by atoms with Crippen molar-refractivity contribution in [1.29, 1.82) is 0 Å². The first-order valence-corrected chi connectivity index (χ1v) is 11.4. The van der Waals surface area contributed by atoms with Gasteiger partial charge in [-0.05, 0) is 38.7 Å². The summed E-state index contributed by atoms with van der Waals surface area (Å²) in [6.07, 6.45) is -1.60. The Hall–Kier alpha value is -2.53. The van der Waals surface area contributed by atoms with Crippen LogP contribution in [0.5, 0.6) is 0 Å². The number of piperidine rings is 1. The van der Waals surface area contributed by atoms with E-state index in [-0.39, 0.29) is 36.4 Å². The Morgan fingerprint density at radius 2 is 1.91 bits per heavy atom. The molecule has 0 bridgehead atoms. The Balaban J connectivity index is 1.33. The zero-order chi connectivity index (χ0) is 24.7. The van der Waals surface area contributed by atoms with Gasteiger partial charge in [0.05, 0.1) is 12.7 Å². The molecule has 2 fully saturated rings. The second-order valence-corrected chi connectivity index (χ2v) is 9.06. The van der Waals surface area contributed by atoms with E-state index in [1.54, 1.807) is 18.2 Å². The van der Waals surface area contributed by atoms with E-state index in [0.717, 1.165) is 23.8 Å². The van der Waals surface area contributed by atoms with E-state index in [2.05, 4.69) is 16.8 Å². The first kappa shape index (κ1) is 24.6. The van der Waals surface area contributed by atoms with Crippen LogP contribution in [0.1, 0.15) is 44.0 Å². The van der Waals surface area contributed by atoms with Crippen LogP contribution < -0.4 is 11.4 Å². The lowest BCUT2D eigenvalue weighted by atomic mass is 10.0. The lowest BCUT2D eigenvalue weighted by molar-refractivity contribution is -0.142. The van der Waals surface area contributed by atoms with Gasteiger partial charge < -0.3 is 4.74 Å². The van der Waals surface area contributed by atoms with Gasteiger partial charge in [0.1, 0.15) is 18.2 Å². The minimum atomic E-state index is -4.59. The zero-order valence-corrected chi connectivity index (χ0v) is 19.1. The molecule has 1 aromatic heterocycles. The van der Waals surface area contributed by atoms with Crippen molar-refractivity contribution in [3.63, 3.8) is 0 Å². The van der Waals surface area contributed by atoms with Crippen molar-refractivity contribution in [3.8, 4) is 0 Å². The number of likely N-dealkylation sites (tertiary alicyclic amines) is 1. The number of nitrogens with zero attached hydrogens (tertiary/aromatic N) is 4. The van der Waals surface area contributed by atoms with Crippen LogP contribution >= 0.6 is 0 Å². The Kier molecular flexibility index (Phi) is 6.69. The minimum absolute atomic E-state index is 0.000962. The summed E-state index contributed by atoms with van der Waals surface area (Å²) in [5, 5.41) is 0. The van der Waals surface area contributed by atoms with Crippen molar-refractivity contribution < 1.29 is 22.3 Å². The predicted octanol–water partition coefficient (Wildman–Crippen LogP) is 3.02. The first-order valence-electron chi connectivity index (χ1n) is 11.4. The average molecular weight is 484 g/mol. The van der Waals surface area contributed by atoms with Crippen LogP contribution in [0.2, 0.25) is 0 Å². The molecule has 2 aliphatic rings. The average Bonchev–Trinajstić information content (AvgIpc) is 3.17. The number of alkyl halides is 3. The third-order valence-corrected chi connectivity index (χ3v) is 7.07. The molecular formula is C23H28F4N4O3. The number of hydrogen-bond acceptors (Lipinski definition) is 5. The highest BCUT2D eigenvalue weighted by Crippen LogP contribution is 2.56. The molecule has 0 amide bonds. The van der Waals surface area contributed by atoms with Gasteiger partial charge in [0, 0.05) is 30.2 Å². The van der Waals surface area contributed by atoms with E-state index in [1.807, 2.05) is 0 Å². The van der Waals surface area contributed by atoms with Crippen LogP contribution in [0.4, 0.5) is 17.6 Å². The van der Waals surface area contributed by atoms with E-state index in [0.29, 0.717) is 29.1 Å². The highest BCUT2D eigenvalue weighted by Gasteiger charge is 2.65. The third kappa shape index (κ3) is 4.81. The van der Waals surface area contributed by atoms with Crippen LogP contribution in [0, 0.1) is 12.7 Å². The van der Waals surface area contributed by atoms with E-state index >= 15 is 0 Å². The maximum absolute atomic E-state index is 13.8. The SMILES string of the molecule is CCC12CC(OCc3ccccc3F)CC1N2CCCn1c(=O)nc(C)n(CC(F)(F)F)c1=O. The molecule has 1 aliphatic heterocycles. The Bertz CT molecular complexity index is 1160. The van der Waals surface area contributed by atoms with Crippen molar-refractivity contribution >= 4 is 0 Å². The molecule has 1 saturated heterocycles. The molecule has 2 heterocycles. The number of benzene rings is 1. The number of aryl methyl sites for hydroxylation is 1. The highest BCUT2D eigenvalue weighted by atomic mass is 19.4. The molecular weight excluding hydrogens is 456 g/mol. The van der Waals surface area contributed by atoms with Gasteiger partial charge in [0.15, 0.2) is 0 Å². The van der Waals surface area contributed by atoms with Gasteiger partial charge in [-0.25, -0.2) is 18.5 Å². The molecule has 186 valence electrons. The smallest absolute Gasteiger partial charge is 0.373 e. The van der Waals surface area contributed by atoms with Crippen molar-refractivity contribution in [2.24, 2.45) is 0 Å². The van der Waals surface area contributed by atoms with Crippen molar-refractivity contribution in [3.05, 3.63) is 62.4 Å². The van der Waals surface area contributed by atoms with Gasteiger partial charge in [-0.15, -0.1) is 0 Å². The number of hydrogen-bond donors (Lipinski definition) is 0. The van der Waals surface area contributed by atoms with Gasteiger partial charge in [0.2, 0.25) is 0 Å². The number of halogens is 4. The second kappa shape index (κ2) is 9.26. The van der Waals surface area contributed by atoms with E-state index in [1.165, 1.54) is 13.0 Å². The zero-order valence-electron chi connectivity index (χ0n) is 19.1. The molecule has 4 unspecified atom stereocenters. The number of aromatic nitrogens is 3. The summed E-state index contributed by atoms with van der Waals surface area (Å²) < 4.78 is 59.5. The molecule has 1 aliphatic carbocycles. The summed E-state index contributed by atoms with van der Waals surface area (Å²) in [5.41, 5.74) is -1.32. The van der Waals surface area contributed by atoms with Crippen LogP contribution in [-0.2, 0) is 24.4 Å². The van der Waals surface area contributed by atoms with Gasteiger partial charge in [0.25, 0.3) is 0 Å². The molecule has 34 heavy (non-hydrogen) atoms. The van der Waals surface area contributed by atoms with Crippen molar-refractivity contribution in [1.82, 2.24) is 19.0 Å². The summed E-state index contributed by atoms with van der Waals surface area (Å²) >= 11 is 0. The lowest BCUT2D eigenvalue weighted by Crippen LogP contribution is -2.45.